The summed E-state index contributed by atoms with van der Waals surface area (Å²) in [5, 5.41) is 4.13. The van der Waals surface area contributed by atoms with Gasteiger partial charge in [0.25, 0.3) is 0 Å². The summed E-state index contributed by atoms with van der Waals surface area (Å²) in [6, 6.07) is 7.79. The summed E-state index contributed by atoms with van der Waals surface area (Å²) < 4.78 is 16.3. The van der Waals surface area contributed by atoms with Crippen molar-refractivity contribution >= 4 is 11.6 Å². The number of methoxy groups -OCH3 is 1. The molecule has 0 saturated carbocycles. The maximum absolute atomic E-state index is 5.93. The second-order valence-corrected chi connectivity index (χ2v) is 5.16. The summed E-state index contributed by atoms with van der Waals surface area (Å²) in [6.07, 6.45) is 1.12. The van der Waals surface area contributed by atoms with Crippen molar-refractivity contribution in [2.24, 2.45) is 0 Å². The third kappa shape index (κ3) is 8.39. The van der Waals surface area contributed by atoms with Gasteiger partial charge in [0.1, 0.15) is 0 Å². The van der Waals surface area contributed by atoms with Gasteiger partial charge in [0, 0.05) is 18.7 Å². The monoisotopic (exact) mass is 315 g/mol. The van der Waals surface area contributed by atoms with Crippen molar-refractivity contribution in [3.8, 4) is 0 Å². The molecule has 0 aliphatic heterocycles. The molecule has 0 amide bonds. The van der Waals surface area contributed by atoms with E-state index in [1.54, 1.807) is 7.11 Å². The quantitative estimate of drug-likeness (QED) is 0.602. The fourth-order valence-corrected chi connectivity index (χ4v) is 1.98. The second kappa shape index (κ2) is 12.0. The normalized spacial score (nSPS) is 12.5. The molecule has 0 aliphatic carbocycles. The van der Waals surface area contributed by atoms with Gasteiger partial charge in [-0.15, -0.1) is 0 Å². The molecule has 0 heterocycles. The number of rotatable bonds is 12. The number of hydrogen-bond donors (Lipinski definition) is 1. The van der Waals surface area contributed by atoms with Crippen molar-refractivity contribution in [2.75, 3.05) is 46.6 Å². The summed E-state index contributed by atoms with van der Waals surface area (Å²) >= 11 is 5.93. The van der Waals surface area contributed by atoms with Gasteiger partial charge in [-0.3, -0.25) is 0 Å². The average molecular weight is 316 g/mol. The van der Waals surface area contributed by atoms with Crippen LogP contribution in [0.4, 0.5) is 0 Å². The lowest BCUT2D eigenvalue weighted by Crippen LogP contribution is -2.25. The lowest BCUT2D eigenvalue weighted by Gasteiger charge is -2.19. The Hall–Kier alpha value is -0.650. The highest BCUT2D eigenvalue weighted by atomic mass is 35.5. The van der Waals surface area contributed by atoms with Crippen LogP contribution in [0.3, 0.4) is 0 Å². The molecular formula is C16H26ClNO3. The Labute approximate surface area is 132 Å². The average Bonchev–Trinajstić information content (AvgIpc) is 2.50. The SMILES string of the molecule is CCCNCC(OCCOCCOC)c1ccc(Cl)cc1. The van der Waals surface area contributed by atoms with Gasteiger partial charge in [-0.1, -0.05) is 30.7 Å². The number of halogens is 1. The molecule has 1 rings (SSSR count). The van der Waals surface area contributed by atoms with Gasteiger partial charge < -0.3 is 19.5 Å². The van der Waals surface area contributed by atoms with Crippen molar-refractivity contribution in [3.63, 3.8) is 0 Å². The van der Waals surface area contributed by atoms with Crippen LogP contribution in [0.25, 0.3) is 0 Å². The number of hydrogen-bond acceptors (Lipinski definition) is 4. The van der Waals surface area contributed by atoms with Crippen molar-refractivity contribution < 1.29 is 14.2 Å². The molecule has 0 aliphatic rings. The van der Waals surface area contributed by atoms with E-state index < -0.39 is 0 Å². The van der Waals surface area contributed by atoms with Gasteiger partial charge in [0.2, 0.25) is 0 Å². The molecule has 1 atom stereocenters. The van der Waals surface area contributed by atoms with Crippen molar-refractivity contribution in [2.45, 2.75) is 19.4 Å². The van der Waals surface area contributed by atoms with E-state index in [0.717, 1.165) is 30.1 Å². The number of ether oxygens (including phenoxy) is 3. The number of nitrogens with one attached hydrogen (secondary N) is 1. The Morgan fingerprint density at radius 1 is 1.10 bits per heavy atom. The standard InChI is InChI=1S/C16H26ClNO3/c1-3-8-18-13-16(14-4-6-15(17)7-5-14)21-12-11-20-10-9-19-2/h4-7,16,18H,3,8-13H2,1-2H3. The lowest BCUT2D eigenvalue weighted by molar-refractivity contribution is -0.00680. The first kappa shape index (κ1) is 18.4. The van der Waals surface area contributed by atoms with Gasteiger partial charge in [-0.05, 0) is 30.7 Å². The first-order valence-electron chi connectivity index (χ1n) is 7.42. The molecule has 0 fully saturated rings. The van der Waals surface area contributed by atoms with E-state index in [2.05, 4.69) is 12.2 Å². The molecular weight excluding hydrogens is 290 g/mol. The molecule has 4 nitrogen and oxygen atoms in total. The largest absolute Gasteiger partial charge is 0.382 e. The minimum atomic E-state index is 0.0137. The Morgan fingerprint density at radius 2 is 1.81 bits per heavy atom. The zero-order chi connectivity index (χ0) is 15.3. The predicted molar refractivity (Wildman–Crippen MR) is 86.0 cm³/mol. The summed E-state index contributed by atoms with van der Waals surface area (Å²) in [6.45, 7) is 6.25. The predicted octanol–water partition coefficient (Wildman–Crippen LogP) is 3.06. The van der Waals surface area contributed by atoms with Crippen LogP contribution in [0, 0.1) is 0 Å². The molecule has 5 heteroatoms. The zero-order valence-corrected chi connectivity index (χ0v) is 13.7. The summed E-state index contributed by atoms with van der Waals surface area (Å²) in [4.78, 5) is 0. The maximum Gasteiger partial charge on any atom is 0.0950 e. The topological polar surface area (TPSA) is 39.7 Å². The highest BCUT2D eigenvalue weighted by Gasteiger charge is 2.11. The third-order valence-corrected chi connectivity index (χ3v) is 3.23. The molecule has 1 aromatic rings. The van der Waals surface area contributed by atoms with Gasteiger partial charge in [0.15, 0.2) is 0 Å². The van der Waals surface area contributed by atoms with Crippen LogP contribution in [0.15, 0.2) is 24.3 Å². The van der Waals surface area contributed by atoms with E-state index in [9.17, 15) is 0 Å². The second-order valence-electron chi connectivity index (χ2n) is 4.72. The molecule has 0 saturated heterocycles. The molecule has 0 radical (unpaired) electrons. The van der Waals surface area contributed by atoms with Crippen molar-refractivity contribution in [3.05, 3.63) is 34.9 Å². The fourth-order valence-electron chi connectivity index (χ4n) is 1.85. The van der Waals surface area contributed by atoms with E-state index in [1.807, 2.05) is 24.3 Å². The minimum absolute atomic E-state index is 0.0137. The smallest absolute Gasteiger partial charge is 0.0950 e. The Bertz CT molecular complexity index is 359. The lowest BCUT2D eigenvalue weighted by atomic mass is 10.1. The van der Waals surface area contributed by atoms with Crippen LogP contribution in [-0.4, -0.2) is 46.6 Å². The van der Waals surface area contributed by atoms with Gasteiger partial charge in [0.05, 0.1) is 32.5 Å². The Kier molecular flexibility index (Phi) is 10.5. The first-order valence-corrected chi connectivity index (χ1v) is 7.80. The highest BCUT2D eigenvalue weighted by molar-refractivity contribution is 6.30. The molecule has 21 heavy (non-hydrogen) atoms. The third-order valence-electron chi connectivity index (χ3n) is 2.98. The van der Waals surface area contributed by atoms with E-state index in [0.29, 0.717) is 26.4 Å². The fraction of sp³-hybridized carbons (Fsp3) is 0.625. The van der Waals surface area contributed by atoms with Crippen LogP contribution in [0.2, 0.25) is 5.02 Å². The molecule has 0 bridgehead atoms. The molecule has 1 aromatic carbocycles. The van der Waals surface area contributed by atoms with Crippen molar-refractivity contribution in [1.29, 1.82) is 0 Å². The molecule has 120 valence electrons. The van der Waals surface area contributed by atoms with E-state index >= 15 is 0 Å². The Morgan fingerprint density at radius 3 is 2.48 bits per heavy atom. The van der Waals surface area contributed by atoms with Crippen molar-refractivity contribution in [1.82, 2.24) is 5.32 Å². The minimum Gasteiger partial charge on any atom is -0.382 e. The first-order chi connectivity index (χ1) is 10.3. The van der Waals surface area contributed by atoms with Crippen LogP contribution < -0.4 is 5.32 Å². The van der Waals surface area contributed by atoms with E-state index in [4.69, 9.17) is 25.8 Å². The number of benzene rings is 1. The summed E-state index contributed by atoms with van der Waals surface area (Å²) in [7, 11) is 1.66. The Balaban J connectivity index is 2.39. The summed E-state index contributed by atoms with van der Waals surface area (Å²) in [5.41, 5.74) is 1.12. The van der Waals surface area contributed by atoms with Crippen LogP contribution in [0.1, 0.15) is 25.0 Å². The summed E-state index contributed by atoms with van der Waals surface area (Å²) in [5.74, 6) is 0. The van der Waals surface area contributed by atoms with Crippen LogP contribution >= 0.6 is 11.6 Å². The van der Waals surface area contributed by atoms with Crippen LogP contribution in [0.5, 0.6) is 0 Å². The van der Waals surface area contributed by atoms with Gasteiger partial charge in [-0.25, -0.2) is 0 Å². The van der Waals surface area contributed by atoms with Gasteiger partial charge in [-0.2, -0.15) is 0 Å². The van der Waals surface area contributed by atoms with E-state index in [-0.39, 0.29) is 6.10 Å². The molecule has 1 unspecified atom stereocenters. The zero-order valence-electron chi connectivity index (χ0n) is 12.9. The van der Waals surface area contributed by atoms with E-state index in [1.165, 1.54) is 0 Å². The molecule has 0 spiro atoms. The molecule has 0 aromatic heterocycles. The maximum atomic E-state index is 5.93. The van der Waals surface area contributed by atoms with Gasteiger partial charge >= 0.3 is 0 Å². The van der Waals surface area contributed by atoms with Crippen LogP contribution in [-0.2, 0) is 14.2 Å². The molecule has 1 N–H and O–H groups in total. The highest BCUT2D eigenvalue weighted by Crippen LogP contribution is 2.19.